The largest absolute Gasteiger partial charge is 0.391 e. The van der Waals surface area contributed by atoms with Crippen LogP contribution in [0.15, 0.2) is 22.7 Å². The van der Waals surface area contributed by atoms with Crippen molar-refractivity contribution in [2.75, 3.05) is 12.4 Å². The Hall–Kier alpha value is -0.580. The molecule has 2 unspecified atom stereocenters. The van der Waals surface area contributed by atoms with Crippen LogP contribution in [-0.4, -0.2) is 24.4 Å². The van der Waals surface area contributed by atoms with Gasteiger partial charge in [0.2, 0.25) is 0 Å². The molecule has 1 aliphatic rings. The van der Waals surface area contributed by atoms with E-state index in [9.17, 15) is 5.11 Å². The molecule has 0 spiro atoms. The molecule has 0 radical (unpaired) electrons. The molecule has 2 N–H and O–H groups in total. The summed E-state index contributed by atoms with van der Waals surface area (Å²) in [6.07, 6.45) is 2.78. The molecule has 0 amide bonds. The molecule has 1 aromatic carbocycles. The van der Waals surface area contributed by atoms with Gasteiger partial charge in [0.15, 0.2) is 0 Å². The molecule has 1 aromatic rings. The number of hydrogen-bond acceptors (Lipinski definition) is 3. The van der Waals surface area contributed by atoms with Gasteiger partial charge >= 0.3 is 0 Å². The van der Waals surface area contributed by atoms with Gasteiger partial charge in [-0.05, 0) is 31.4 Å². The van der Waals surface area contributed by atoms with Gasteiger partial charge in [-0.15, -0.1) is 0 Å². The first-order valence-corrected chi connectivity index (χ1v) is 6.72. The van der Waals surface area contributed by atoms with E-state index in [0.29, 0.717) is 6.61 Å². The summed E-state index contributed by atoms with van der Waals surface area (Å²) in [5, 5.41) is 13.3. The number of halogens is 1. The predicted octanol–water partition coefficient (Wildman–Crippen LogP) is 2.92. The van der Waals surface area contributed by atoms with Gasteiger partial charge in [0, 0.05) is 22.8 Å². The molecule has 17 heavy (non-hydrogen) atoms. The van der Waals surface area contributed by atoms with Crippen molar-refractivity contribution in [1.82, 2.24) is 0 Å². The SMILES string of the molecule is COCc1c(Br)cccc1NC1CCCC1O. The van der Waals surface area contributed by atoms with Crippen molar-refractivity contribution in [2.45, 2.75) is 38.0 Å². The van der Waals surface area contributed by atoms with Crippen LogP contribution in [0.3, 0.4) is 0 Å². The minimum absolute atomic E-state index is 0.167. The lowest BCUT2D eigenvalue weighted by atomic mass is 10.1. The summed E-state index contributed by atoms with van der Waals surface area (Å²) in [6.45, 7) is 0.562. The van der Waals surface area contributed by atoms with Crippen LogP contribution in [0, 0.1) is 0 Å². The first kappa shape index (κ1) is 12.9. The van der Waals surface area contributed by atoms with Crippen molar-refractivity contribution in [3.05, 3.63) is 28.2 Å². The quantitative estimate of drug-likeness (QED) is 0.898. The summed E-state index contributed by atoms with van der Waals surface area (Å²) in [7, 11) is 1.69. The number of nitrogens with one attached hydrogen (secondary N) is 1. The van der Waals surface area contributed by atoms with Gasteiger partial charge in [0.25, 0.3) is 0 Å². The monoisotopic (exact) mass is 299 g/mol. The number of rotatable bonds is 4. The Kier molecular flexibility index (Phi) is 4.42. The normalized spacial score (nSPS) is 23.9. The average molecular weight is 300 g/mol. The van der Waals surface area contributed by atoms with E-state index in [-0.39, 0.29) is 12.1 Å². The molecule has 0 heterocycles. The van der Waals surface area contributed by atoms with E-state index < -0.39 is 0 Å². The van der Waals surface area contributed by atoms with E-state index >= 15 is 0 Å². The van der Waals surface area contributed by atoms with Crippen molar-refractivity contribution < 1.29 is 9.84 Å². The maximum atomic E-state index is 9.83. The highest BCUT2D eigenvalue weighted by atomic mass is 79.9. The van der Waals surface area contributed by atoms with Crippen LogP contribution in [0.1, 0.15) is 24.8 Å². The highest BCUT2D eigenvalue weighted by molar-refractivity contribution is 9.10. The van der Waals surface area contributed by atoms with Crippen LogP contribution in [0.4, 0.5) is 5.69 Å². The van der Waals surface area contributed by atoms with Crippen molar-refractivity contribution in [1.29, 1.82) is 0 Å². The zero-order chi connectivity index (χ0) is 12.3. The second kappa shape index (κ2) is 5.85. The molecular weight excluding hydrogens is 282 g/mol. The predicted molar refractivity (Wildman–Crippen MR) is 72.1 cm³/mol. The fourth-order valence-corrected chi connectivity index (χ4v) is 2.77. The summed E-state index contributed by atoms with van der Waals surface area (Å²) in [4.78, 5) is 0. The van der Waals surface area contributed by atoms with E-state index in [1.54, 1.807) is 7.11 Å². The van der Waals surface area contributed by atoms with E-state index in [0.717, 1.165) is 35.0 Å². The van der Waals surface area contributed by atoms with Gasteiger partial charge in [-0.25, -0.2) is 0 Å². The molecule has 0 aliphatic heterocycles. The number of anilines is 1. The van der Waals surface area contributed by atoms with Gasteiger partial charge in [0.05, 0.1) is 18.8 Å². The minimum atomic E-state index is -0.232. The van der Waals surface area contributed by atoms with Gasteiger partial charge in [-0.2, -0.15) is 0 Å². The van der Waals surface area contributed by atoms with Crippen LogP contribution in [0.5, 0.6) is 0 Å². The van der Waals surface area contributed by atoms with E-state index in [2.05, 4.69) is 21.2 Å². The summed E-state index contributed by atoms with van der Waals surface area (Å²) in [6, 6.07) is 6.20. The molecule has 2 atom stereocenters. The summed E-state index contributed by atoms with van der Waals surface area (Å²) < 4.78 is 6.25. The lowest BCUT2D eigenvalue weighted by molar-refractivity contribution is 0.171. The Morgan fingerprint density at radius 3 is 2.94 bits per heavy atom. The van der Waals surface area contributed by atoms with Gasteiger partial charge in [-0.3, -0.25) is 0 Å². The number of aliphatic hydroxyl groups excluding tert-OH is 1. The Morgan fingerprint density at radius 2 is 2.29 bits per heavy atom. The second-order valence-electron chi connectivity index (χ2n) is 4.45. The smallest absolute Gasteiger partial charge is 0.0744 e. The Morgan fingerprint density at radius 1 is 1.47 bits per heavy atom. The number of aliphatic hydroxyl groups is 1. The molecule has 94 valence electrons. The third-order valence-corrected chi connectivity index (χ3v) is 3.97. The third kappa shape index (κ3) is 3.00. The van der Waals surface area contributed by atoms with Crippen molar-refractivity contribution >= 4 is 21.6 Å². The Bertz CT molecular complexity index is 384. The van der Waals surface area contributed by atoms with Crippen LogP contribution < -0.4 is 5.32 Å². The molecule has 2 rings (SSSR count). The molecule has 0 saturated heterocycles. The molecule has 0 aromatic heterocycles. The molecule has 1 saturated carbocycles. The minimum Gasteiger partial charge on any atom is -0.391 e. The first-order valence-electron chi connectivity index (χ1n) is 5.93. The fourth-order valence-electron chi connectivity index (χ4n) is 2.29. The molecule has 0 bridgehead atoms. The summed E-state index contributed by atoms with van der Waals surface area (Å²) in [5.74, 6) is 0. The van der Waals surface area contributed by atoms with Crippen LogP contribution in [-0.2, 0) is 11.3 Å². The van der Waals surface area contributed by atoms with E-state index in [4.69, 9.17) is 4.74 Å². The Balaban J connectivity index is 2.16. The van der Waals surface area contributed by atoms with E-state index in [1.807, 2.05) is 18.2 Å². The first-order chi connectivity index (χ1) is 8.22. The number of hydrogen-bond donors (Lipinski definition) is 2. The number of ether oxygens (including phenoxy) is 1. The number of benzene rings is 1. The number of methoxy groups -OCH3 is 1. The topological polar surface area (TPSA) is 41.5 Å². The molecule has 1 fully saturated rings. The average Bonchev–Trinajstić information content (AvgIpc) is 2.70. The van der Waals surface area contributed by atoms with Gasteiger partial charge in [-0.1, -0.05) is 22.0 Å². The van der Waals surface area contributed by atoms with Crippen LogP contribution in [0.25, 0.3) is 0 Å². The zero-order valence-corrected chi connectivity index (χ0v) is 11.5. The van der Waals surface area contributed by atoms with Gasteiger partial charge < -0.3 is 15.2 Å². The summed E-state index contributed by atoms with van der Waals surface area (Å²) >= 11 is 3.53. The highest BCUT2D eigenvalue weighted by Crippen LogP contribution is 2.29. The Labute approximate surface area is 110 Å². The van der Waals surface area contributed by atoms with Crippen molar-refractivity contribution in [2.24, 2.45) is 0 Å². The molecular formula is C13H18BrNO2. The maximum absolute atomic E-state index is 9.83. The second-order valence-corrected chi connectivity index (χ2v) is 5.30. The zero-order valence-electron chi connectivity index (χ0n) is 9.95. The molecule has 1 aliphatic carbocycles. The highest BCUT2D eigenvalue weighted by Gasteiger charge is 2.25. The van der Waals surface area contributed by atoms with Crippen LogP contribution in [0.2, 0.25) is 0 Å². The molecule has 3 nitrogen and oxygen atoms in total. The summed E-state index contributed by atoms with van der Waals surface area (Å²) in [5.41, 5.74) is 2.15. The van der Waals surface area contributed by atoms with Crippen molar-refractivity contribution in [3.8, 4) is 0 Å². The lowest BCUT2D eigenvalue weighted by Gasteiger charge is -2.20. The fraction of sp³-hybridized carbons (Fsp3) is 0.538. The van der Waals surface area contributed by atoms with Crippen LogP contribution >= 0.6 is 15.9 Å². The standard InChI is InChI=1S/C13H18BrNO2/c1-17-8-9-10(14)4-2-5-11(9)15-12-6-3-7-13(12)16/h2,4-5,12-13,15-16H,3,6-8H2,1H3. The lowest BCUT2D eigenvalue weighted by Crippen LogP contribution is -2.28. The van der Waals surface area contributed by atoms with E-state index in [1.165, 1.54) is 0 Å². The third-order valence-electron chi connectivity index (χ3n) is 3.23. The maximum Gasteiger partial charge on any atom is 0.0744 e. The molecule has 4 heteroatoms. The van der Waals surface area contributed by atoms with Crippen molar-refractivity contribution in [3.63, 3.8) is 0 Å². The van der Waals surface area contributed by atoms with Gasteiger partial charge in [0.1, 0.15) is 0 Å².